The third-order valence-electron chi connectivity index (χ3n) is 2.73. The lowest BCUT2D eigenvalue weighted by Gasteiger charge is -2.19. The van der Waals surface area contributed by atoms with Crippen molar-refractivity contribution in [1.29, 1.82) is 0 Å². The lowest BCUT2D eigenvalue weighted by atomic mass is 10.1. The number of fused-ring (bicyclic) bond motifs is 1. The quantitative estimate of drug-likeness (QED) is 0.832. The summed E-state index contributed by atoms with van der Waals surface area (Å²) in [5.41, 5.74) is 0.843. The molecule has 0 radical (unpaired) electrons. The first-order chi connectivity index (χ1) is 7.70. The number of rotatable bonds is 4. The monoisotopic (exact) mass is 238 g/mol. The topological polar surface area (TPSA) is 42.2 Å². The molecule has 0 aliphatic heterocycles. The number of nitrogens with one attached hydrogen (secondary N) is 1. The fourth-order valence-corrected chi connectivity index (χ4v) is 1.67. The van der Waals surface area contributed by atoms with Gasteiger partial charge in [-0.2, -0.15) is 5.10 Å². The van der Waals surface area contributed by atoms with Gasteiger partial charge in [0.15, 0.2) is 5.65 Å². The van der Waals surface area contributed by atoms with Crippen LogP contribution in [0.3, 0.4) is 0 Å². The van der Waals surface area contributed by atoms with Gasteiger partial charge >= 0.3 is 0 Å². The lowest BCUT2D eigenvalue weighted by Crippen LogP contribution is -2.25. The molecule has 0 spiro atoms. The van der Waals surface area contributed by atoms with Crippen molar-refractivity contribution >= 4 is 23.1 Å². The van der Waals surface area contributed by atoms with Crippen LogP contribution in [0.25, 0.3) is 5.65 Å². The summed E-state index contributed by atoms with van der Waals surface area (Å²) >= 11 is 5.82. The van der Waals surface area contributed by atoms with Crippen molar-refractivity contribution in [2.75, 3.05) is 11.2 Å². The Hall–Kier alpha value is -1.29. The summed E-state index contributed by atoms with van der Waals surface area (Å²) < 4.78 is 1.74. The van der Waals surface area contributed by atoms with Gasteiger partial charge in [-0.05, 0) is 18.9 Å². The van der Waals surface area contributed by atoms with Crippen LogP contribution in [-0.2, 0) is 0 Å². The highest BCUT2D eigenvalue weighted by Crippen LogP contribution is 2.12. The molecule has 16 heavy (non-hydrogen) atoms. The summed E-state index contributed by atoms with van der Waals surface area (Å²) in [6.45, 7) is 4.22. The van der Waals surface area contributed by atoms with Crippen molar-refractivity contribution in [2.45, 2.75) is 19.9 Å². The summed E-state index contributed by atoms with van der Waals surface area (Å²) in [5.74, 6) is 1.91. The normalized spacial score (nSPS) is 14.9. The van der Waals surface area contributed by atoms with Crippen molar-refractivity contribution in [1.82, 2.24) is 14.6 Å². The molecule has 5 heteroatoms. The summed E-state index contributed by atoms with van der Waals surface area (Å²) in [6, 6.07) is 4.09. The number of alkyl halides is 1. The van der Waals surface area contributed by atoms with Crippen LogP contribution in [0, 0.1) is 5.92 Å². The molecule has 0 bridgehead atoms. The van der Waals surface area contributed by atoms with Crippen LogP contribution in [0.1, 0.15) is 13.8 Å². The number of hydrogen-bond donors (Lipinski definition) is 1. The second kappa shape index (κ2) is 4.70. The number of hydrogen-bond acceptors (Lipinski definition) is 3. The molecule has 0 saturated heterocycles. The first-order valence-electron chi connectivity index (χ1n) is 5.33. The molecule has 0 saturated carbocycles. The Kier molecular flexibility index (Phi) is 3.29. The summed E-state index contributed by atoms with van der Waals surface area (Å²) in [6.07, 6.45) is 3.62. The zero-order valence-corrected chi connectivity index (χ0v) is 10.1. The van der Waals surface area contributed by atoms with Gasteiger partial charge in [0.05, 0.1) is 6.20 Å². The maximum absolute atomic E-state index is 5.82. The van der Waals surface area contributed by atoms with E-state index in [0.717, 1.165) is 11.5 Å². The molecule has 2 atom stereocenters. The summed E-state index contributed by atoms with van der Waals surface area (Å²) in [7, 11) is 0. The van der Waals surface area contributed by atoms with Gasteiger partial charge in [-0.3, -0.25) is 0 Å². The van der Waals surface area contributed by atoms with Crippen LogP contribution >= 0.6 is 11.6 Å². The van der Waals surface area contributed by atoms with Crippen LogP contribution in [0.5, 0.6) is 0 Å². The summed E-state index contributed by atoms with van der Waals surface area (Å²) in [4.78, 5) is 4.44. The highest BCUT2D eigenvalue weighted by Gasteiger charge is 2.11. The zero-order valence-electron chi connectivity index (χ0n) is 9.39. The Bertz CT molecular complexity index is 468. The molecule has 4 nitrogen and oxygen atoms in total. The van der Waals surface area contributed by atoms with Crippen molar-refractivity contribution in [2.24, 2.45) is 5.92 Å². The fourth-order valence-electron chi connectivity index (χ4n) is 1.40. The first kappa shape index (κ1) is 11.2. The van der Waals surface area contributed by atoms with E-state index in [1.54, 1.807) is 10.7 Å². The largest absolute Gasteiger partial charge is 0.367 e. The van der Waals surface area contributed by atoms with Gasteiger partial charge in [0.25, 0.3) is 0 Å². The average molecular weight is 239 g/mol. The van der Waals surface area contributed by atoms with Crippen LogP contribution in [0.4, 0.5) is 5.82 Å². The van der Waals surface area contributed by atoms with E-state index >= 15 is 0 Å². The number of aromatic nitrogens is 3. The summed E-state index contributed by atoms with van der Waals surface area (Å²) in [5, 5.41) is 7.43. The lowest BCUT2D eigenvalue weighted by molar-refractivity contribution is 0.564. The first-order valence-corrected chi connectivity index (χ1v) is 5.87. The van der Waals surface area contributed by atoms with E-state index in [-0.39, 0.29) is 0 Å². The van der Waals surface area contributed by atoms with E-state index in [2.05, 4.69) is 29.2 Å². The highest BCUT2D eigenvalue weighted by molar-refractivity contribution is 6.18. The predicted molar refractivity (Wildman–Crippen MR) is 66.0 cm³/mol. The van der Waals surface area contributed by atoms with Gasteiger partial charge in [-0.1, -0.05) is 6.92 Å². The maximum atomic E-state index is 5.82. The van der Waals surface area contributed by atoms with Crippen LogP contribution in [0.2, 0.25) is 0 Å². The van der Waals surface area contributed by atoms with Gasteiger partial charge < -0.3 is 5.32 Å². The van der Waals surface area contributed by atoms with E-state index in [0.29, 0.717) is 17.8 Å². The molecule has 86 valence electrons. The Morgan fingerprint density at radius 1 is 1.44 bits per heavy atom. The Labute approximate surface area is 99.6 Å². The van der Waals surface area contributed by atoms with Gasteiger partial charge in [0, 0.05) is 24.2 Å². The van der Waals surface area contributed by atoms with Crippen LogP contribution in [0.15, 0.2) is 24.5 Å². The molecule has 0 aliphatic carbocycles. The van der Waals surface area contributed by atoms with Crippen molar-refractivity contribution in [3.05, 3.63) is 24.5 Å². The van der Waals surface area contributed by atoms with Gasteiger partial charge in [-0.25, -0.2) is 9.50 Å². The molecular formula is C11H15ClN4. The molecule has 2 aromatic rings. The number of halogens is 1. The van der Waals surface area contributed by atoms with Gasteiger partial charge in [0.2, 0.25) is 0 Å². The van der Waals surface area contributed by atoms with Crippen molar-refractivity contribution in [3.8, 4) is 0 Å². The standard InChI is InChI=1S/C11H15ClN4/c1-8(7-12)9(2)14-10-4-6-16-11(15-10)3-5-13-16/h3-6,8-9H,7H2,1-2H3,(H,14,15). The molecule has 0 fully saturated rings. The van der Waals surface area contributed by atoms with E-state index in [4.69, 9.17) is 11.6 Å². The van der Waals surface area contributed by atoms with Crippen LogP contribution < -0.4 is 5.32 Å². The fraction of sp³-hybridized carbons (Fsp3) is 0.455. The SMILES string of the molecule is CC(CCl)C(C)Nc1ccn2nccc2n1. The maximum Gasteiger partial charge on any atom is 0.157 e. The zero-order chi connectivity index (χ0) is 11.5. The molecule has 2 unspecified atom stereocenters. The molecule has 2 aromatic heterocycles. The molecule has 2 heterocycles. The molecule has 2 rings (SSSR count). The predicted octanol–water partition coefficient (Wildman–Crippen LogP) is 2.40. The molecular weight excluding hydrogens is 224 g/mol. The Morgan fingerprint density at radius 2 is 2.25 bits per heavy atom. The Balaban J connectivity index is 2.14. The van der Waals surface area contributed by atoms with E-state index in [1.165, 1.54) is 0 Å². The van der Waals surface area contributed by atoms with Crippen molar-refractivity contribution < 1.29 is 0 Å². The van der Waals surface area contributed by atoms with E-state index in [1.807, 2.05) is 18.3 Å². The second-order valence-corrected chi connectivity index (χ2v) is 4.32. The molecule has 1 N–H and O–H groups in total. The third-order valence-corrected chi connectivity index (χ3v) is 3.22. The molecule has 0 aliphatic rings. The average Bonchev–Trinajstić information content (AvgIpc) is 2.75. The second-order valence-electron chi connectivity index (χ2n) is 4.01. The van der Waals surface area contributed by atoms with Crippen LogP contribution in [-0.4, -0.2) is 26.5 Å². The van der Waals surface area contributed by atoms with E-state index in [9.17, 15) is 0 Å². The smallest absolute Gasteiger partial charge is 0.157 e. The number of nitrogens with zero attached hydrogens (tertiary/aromatic N) is 3. The third kappa shape index (κ3) is 2.27. The minimum absolute atomic E-state index is 0.301. The van der Waals surface area contributed by atoms with Gasteiger partial charge in [-0.15, -0.1) is 11.6 Å². The van der Waals surface area contributed by atoms with Gasteiger partial charge in [0.1, 0.15) is 5.82 Å². The number of anilines is 1. The minimum atomic E-state index is 0.301. The Morgan fingerprint density at radius 3 is 3.00 bits per heavy atom. The van der Waals surface area contributed by atoms with E-state index < -0.39 is 0 Å². The molecule has 0 aromatic carbocycles. The minimum Gasteiger partial charge on any atom is -0.367 e. The highest BCUT2D eigenvalue weighted by atomic mass is 35.5. The van der Waals surface area contributed by atoms with Crippen molar-refractivity contribution in [3.63, 3.8) is 0 Å². The molecule has 0 amide bonds.